The molecule has 100 valence electrons. The minimum absolute atomic E-state index is 0.0369. The molecule has 0 unspecified atom stereocenters. The van der Waals surface area contributed by atoms with Crippen molar-refractivity contribution >= 4 is 12.2 Å². The van der Waals surface area contributed by atoms with E-state index in [-0.39, 0.29) is 12.0 Å². The number of aryl methyl sites for hydroxylation is 1. The van der Waals surface area contributed by atoms with Crippen LogP contribution in [0.3, 0.4) is 0 Å². The van der Waals surface area contributed by atoms with E-state index in [0.29, 0.717) is 12.0 Å². The number of aromatic amines is 1. The Bertz CT molecular complexity index is 454. The molecule has 18 heavy (non-hydrogen) atoms. The molecule has 2 N–H and O–H groups in total. The Labute approximate surface area is 107 Å². The molecule has 0 aliphatic heterocycles. The van der Waals surface area contributed by atoms with Crippen LogP contribution in [0.1, 0.15) is 31.5 Å². The minimum Gasteiger partial charge on any atom is -0.358 e. The Balaban J connectivity index is 3.20. The Hall–Kier alpha value is -1.78. The maximum atomic E-state index is 12.0. The Morgan fingerprint density at radius 2 is 2.17 bits per heavy atom. The summed E-state index contributed by atoms with van der Waals surface area (Å²) in [6, 6.07) is 1.56. The van der Waals surface area contributed by atoms with Crippen molar-refractivity contribution in [2.45, 2.75) is 33.7 Å². The molecule has 5 nitrogen and oxygen atoms in total. The van der Waals surface area contributed by atoms with Crippen molar-refractivity contribution in [1.82, 2.24) is 10.3 Å². The van der Waals surface area contributed by atoms with Crippen molar-refractivity contribution in [1.29, 1.82) is 0 Å². The SMILES string of the molecule is CCCN(CC)c1[nH]c(C)cc(=O)c1CNC=O. The van der Waals surface area contributed by atoms with Crippen molar-refractivity contribution in [3.05, 3.63) is 27.5 Å². The minimum atomic E-state index is -0.0369. The van der Waals surface area contributed by atoms with Crippen LogP contribution in [0.4, 0.5) is 5.82 Å². The number of nitrogens with one attached hydrogen (secondary N) is 2. The van der Waals surface area contributed by atoms with Crippen LogP contribution in [-0.4, -0.2) is 24.5 Å². The quantitative estimate of drug-likeness (QED) is 0.715. The van der Waals surface area contributed by atoms with Gasteiger partial charge in [-0.05, 0) is 20.3 Å². The first-order chi connectivity index (χ1) is 8.63. The van der Waals surface area contributed by atoms with Crippen LogP contribution in [0.2, 0.25) is 0 Å². The normalized spacial score (nSPS) is 10.2. The highest BCUT2D eigenvalue weighted by molar-refractivity contribution is 5.51. The second-order valence-corrected chi connectivity index (χ2v) is 4.22. The summed E-state index contributed by atoms with van der Waals surface area (Å²) in [7, 11) is 0. The molecule has 1 aromatic heterocycles. The lowest BCUT2D eigenvalue weighted by Crippen LogP contribution is -2.30. The molecule has 0 aromatic carbocycles. The topological polar surface area (TPSA) is 65.2 Å². The molecule has 0 radical (unpaired) electrons. The molecule has 1 rings (SSSR count). The van der Waals surface area contributed by atoms with Crippen molar-refractivity contribution in [3.63, 3.8) is 0 Å². The van der Waals surface area contributed by atoms with Gasteiger partial charge in [-0.1, -0.05) is 6.92 Å². The molecule has 5 heteroatoms. The Morgan fingerprint density at radius 3 is 2.72 bits per heavy atom. The van der Waals surface area contributed by atoms with E-state index in [1.165, 1.54) is 0 Å². The third kappa shape index (κ3) is 3.35. The summed E-state index contributed by atoms with van der Waals surface area (Å²) in [4.78, 5) is 27.7. The van der Waals surface area contributed by atoms with Gasteiger partial charge in [0.05, 0.1) is 5.56 Å². The van der Waals surface area contributed by atoms with Crippen LogP contribution in [0.15, 0.2) is 10.9 Å². The predicted octanol–water partition coefficient (Wildman–Crippen LogP) is 1.17. The Kier molecular flexibility index (Phi) is 5.42. The number of amides is 1. The molecule has 0 aliphatic carbocycles. The molecule has 0 atom stereocenters. The fourth-order valence-electron chi connectivity index (χ4n) is 1.98. The molecule has 0 saturated heterocycles. The number of carbonyl (C=O) groups excluding carboxylic acids is 1. The number of carbonyl (C=O) groups is 1. The summed E-state index contributed by atoms with van der Waals surface area (Å²) in [5.41, 5.74) is 1.41. The zero-order valence-corrected chi connectivity index (χ0v) is 11.2. The van der Waals surface area contributed by atoms with Gasteiger partial charge in [0.15, 0.2) is 5.43 Å². The third-order valence-corrected chi connectivity index (χ3v) is 2.80. The molecule has 1 amide bonds. The van der Waals surface area contributed by atoms with Crippen molar-refractivity contribution in [2.24, 2.45) is 0 Å². The van der Waals surface area contributed by atoms with Gasteiger partial charge in [0.2, 0.25) is 6.41 Å². The van der Waals surface area contributed by atoms with Gasteiger partial charge in [-0.2, -0.15) is 0 Å². The summed E-state index contributed by atoms with van der Waals surface area (Å²) >= 11 is 0. The van der Waals surface area contributed by atoms with Crippen LogP contribution < -0.4 is 15.6 Å². The van der Waals surface area contributed by atoms with E-state index in [9.17, 15) is 9.59 Å². The van der Waals surface area contributed by atoms with Gasteiger partial charge >= 0.3 is 0 Å². The van der Waals surface area contributed by atoms with Gasteiger partial charge in [-0.15, -0.1) is 0 Å². The maximum Gasteiger partial charge on any atom is 0.207 e. The molecule has 0 saturated carbocycles. The van der Waals surface area contributed by atoms with E-state index < -0.39 is 0 Å². The lowest BCUT2D eigenvalue weighted by atomic mass is 10.2. The highest BCUT2D eigenvalue weighted by Gasteiger charge is 2.13. The predicted molar refractivity (Wildman–Crippen MR) is 72.9 cm³/mol. The number of rotatable bonds is 7. The first-order valence-corrected chi connectivity index (χ1v) is 6.28. The van der Waals surface area contributed by atoms with Gasteiger partial charge in [0, 0.05) is 31.4 Å². The van der Waals surface area contributed by atoms with Crippen molar-refractivity contribution in [3.8, 4) is 0 Å². The number of nitrogens with zero attached hydrogens (tertiary/aromatic N) is 1. The number of hydrogen-bond donors (Lipinski definition) is 2. The summed E-state index contributed by atoms with van der Waals surface area (Å²) in [6.07, 6.45) is 1.61. The van der Waals surface area contributed by atoms with E-state index >= 15 is 0 Å². The summed E-state index contributed by atoms with van der Waals surface area (Å²) in [5, 5.41) is 2.56. The molecule has 1 aromatic rings. The first kappa shape index (κ1) is 14.3. The van der Waals surface area contributed by atoms with Gasteiger partial charge < -0.3 is 15.2 Å². The molecular formula is C13H21N3O2. The zero-order valence-electron chi connectivity index (χ0n) is 11.2. The number of anilines is 1. The van der Waals surface area contributed by atoms with Gasteiger partial charge in [0.1, 0.15) is 5.82 Å². The van der Waals surface area contributed by atoms with Crippen LogP contribution in [0.5, 0.6) is 0 Å². The maximum absolute atomic E-state index is 12.0. The third-order valence-electron chi connectivity index (χ3n) is 2.80. The zero-order chi connectivity index (χ0) is 13.5. The second-order valence-electron chi connectivity index (χ2n) is 4.22. The highest BCUT2D eigenvalue weighted by Crippen LogP contribution is 2.15. The molecule has 1 heterocycles. The van der Waals surface area contributed by atoms with Crippen molar-refractivity contribution < 1.29 is 4.79 Å². The van der Waals surface area contributed by atoms with Gasteiger partial charge in [-0.3, -0.25) is 9.59 Å². The number of aromatic nitrogens is 1. The molecule has 0 fully saturated rings. The van der Waals surface area contributed by atoms with E-state index in [1.807, 2.05) is 13.8 Å². The average Bonchev–Trinajstić information content (AvgIpc) is 2.34. The number of hydrogen-bond acceptors (Lipinski definition) is 3. The lowest BCUT2D eigenvalue weighted by molar-refractivity contribution is -0.109. The lowest BCUT2D eigenvalue weighted by Gasteiger charge is -2.25. The summed E-state index contributed by atoms with van der Waals surface area (Å²) < 4.78 is 0. The summed E-state index contributed by atoms with van der Waals surface area (Å²) in [5.74, 6) is 0.818. The molecular weight excluding hydrogens is 230 g/mol. The molecule has 0 spiro atoms. The Morgan fingerprint density at radius 1 is 1.44 bits per heavy atom. The van der Waals surface area contributed by atoms with Crippen LogP contribution in [0.25, 0.3) is 0 Å². The van der Waals surface area contributed by atoms with E-state index in [2.05, 4.69) is 22.1 Å². The van der Waals surface area contributed by atoms with Crippen molar-refractivity contribution in [2.75, 3.05) is 18.0 Å². The molecule has 0 aliphatic rings. The van der Waals surface area contributed by atoms with Crippen LogP contribution in [-0.2, 0) is 11.3 Å². The standard InChI is InChI=1S/C13H21N3O2/c1-4-6-16(5-2)13-11(8-14-9-17)12(18)7-10(3)15-13/h7,9H,4-6,8H2,1-3H3,(H,14,17)(H,15,18). The average molecular weight is 251 g/mol. The smallest absolute Gasteiger partial charge is 0.207 e. The largest absolute Gasteiger partial charge is 0.358 e. The molecule has 0 bridgehead atoms. The monoisotopic (exact) mass is 251 g/mol. The fraction of sp³-hybridized carbons (Fsp3) is 0.538. The van der Waals surface area contributed by atoms with Crippen LogP contribution >= 0.6 is 0 Å². The van der Waals surface area contributed by atoms with Gasteiger partial charge in [0.25, 0.3) is 0 Å². The first-order valence-electron chi connectivity index (χ1n) is 6.28. The number of H-pyrrole nitrogens is 1. The second kappa shape index (κ2) is 6.83. The number of pyridine rings is 1. The highest BCUT2D eigenvalue weighted by atomic mass is 16.1. The van der Waals surface area contributed by atoms with E-state index in [0.717, 1.165) is 31.0 Å². The van der Waals surface area contributed by atoms with Gasteiger partial charge in [-0.25, -0.2) is 0 Å². The fourth-order valence-corrected chi connectivity index (χ4v) is 1.98. The van der Waals surface area contributed by atoms with E-state index in [4.69, 9.17) is 0 Å². The summed E-state index contributed by atoms with van der Waals surface area (Å²) in [6.45, 7) is 7.97. The van der Waals surface area contributed by atoms with E-state index in [1.54, 1.807) is 6.07 Å². The van der Waals surface area contributed by atoms with Crippen LogP contribution in [0, 0.1) is 6.92 Å².